The molecule has 1 aromatic carbocycles. The van der Waals surface area contributed by atoms with Crippen LogP contribution in [0.25, 0.3) is 11.0 Å². The largest absolute Gasteiger partial charge is 0.382 e. The van der Waals surface area contributed by atoms with E-state index in [0.29, 0.717) is 17.9 Å². The molecule has 0 radical (unpaired) electrons. The third-order valence-electron chi connectivity index (χ3n) is 5.27. The first kappa shape index (κ1) is 20.8. The van der Waals surface area contributed by atoms with Gasteiger partial charge in [0.1, 0.15) is 11.3 Å². The van der Waals surface area contributed by atoms with E-state index in [4.69, 9.17) is 10.7 Å². The lowest BCUT2D eigenvalue weighted by molar-refractivity contribution is 0.0905. The normalized spacial score (nSPS) is 11.8. The fraction of sp³-hybridized carbons (Fsp3) is 0.435. The Balaban J connectivity index is 1.99. The number of rotatable bonds is 7. The van der Waals surface area contributed by atoms with Crippen LogP contribution in [0.4, 0.5) is 5.82 Å². The maximum atomic E-state index is 12.7. The number of carbonyl (C=O) groups excluding carboxylic acids is 1. The predicted molar refractivity (Wildman–Crippen MR) is 118 cm³/mol. The third kappa shape index (κ3) is 4.42. The minimum Gasteiger partial charge on any atom is -0.382 e. The fourth-order valence-corrected chi connectivity index (χ4v) is 3.65. The highest BCUT2D eigenvalue weighted by atomic mass is 16.1. The number of amides is 1. The van der Waals surface area contributed by atoms with Gasteiger partial charge < -0.3 is 15.6 Å². The van der Waals surface area contributed by atoms with Crippen molar-refractivity contribution in [1.82, 2.24) is 19.9 Å². The second-order valence-electron chi connectivity index (χ2n) is 8.33. The van der Waals surface area contributed by atoms with Crippen LogP contribution < -0.4 is 11.1 Å². The summed E-state index contributed by atoms with van der Waals surface area (Å²) >= 11 is 0. The first-order chi connectivity index (χ1) is 13.7. The number of nitrogens with one attached hydrogen (secondary N) is 1. The van der Waals surface area contributed by atoms with Crippen LogP contribution in [0.15, 0.2) is 30.3 Å². The number of carbonyl (C=O) groups is 1. The Morgan fingerprint density at radius 1 is 1.17 bits per heavy atom. The highest BCUT2D eigenvalue weighted by Gasteiger charge is 2.26. The Morgan fingerprint density at radius 3 is 2.52 bits per heavy atom. The van der Waals surface area contributed by atoms with Gasteiger partial charge in [0.15, 0.2) is 5.82 Å². The molecule has 0 unspecified atom stereocenters. The molecule has 1 amide bonds. The summed E-state index contributed by atoms with van der Waals surface area (Å²) in [6.45, 7) is 10.9. The van der Waals surface area contributed by atoms with Gasteiger partial charge >= 0.3 is 0 Å². The standard InChI is InChI=1S/C23H31N5O/c1-6-7-13-18-26-19-20(15(2)16(3)25-21(19)24)28(18)14-23(4,5)27-22(29)17-11-9-8-10-12-17/h8-12H,6-7,13-14H2,1-5H3,(H2,24,25)(H,27,29). The quantitative estimate of drug-likeness (QED) is 0.630. The van der Waals surface area contributed by atoms with Crippen LogP contribution in [-0.2, 0) is 13.0 Å². The summed E-state index contributed by atoms with van der Waals surface area (Å²) < 4.78 is 2.22. The van der Waals surface area contributed by atoms with Crippen molar-refractivity contribution in [3.63, 3.8) is 0 Å². The number of anilines is 1. The van der Waals surface area contributed by atoms with Crippen LogP contribution in [0.2, 0.25) is 0 Å². The first-order valence-electron chi connectivity index (χ1n) is 10.2. The zero-order chi connectivity index (χ0) is 21.2. The lowest BCUT2D eigenvalue weighted by Gasteiger charge is -2.28. The van der Waals surface area contributed by atoms with Crippen LogP contribution in [0.3, 0.4) is 0 Å². The number of aromatic nitrogens is 3. The summed E-state index contributed by atoms with van der Waals surface area (Å²) in [5, 5.41) is 3.17. The average Bonchev–Trinajstić information content (AvgIpc) is 3.03. The molecule has 3 aromatic rings. The number of hydrogen-bond acceptors (Lipinski definition) is 4. The molecule has 0 aliphatic heterocycles. The Hall–Kier alpha value is -2.89. The minimum absolute atomic E-state index is 0.0794. The van der Waals surface area contributed by atoms with E-state index in [9.17, 15) is 4.79 Å². The summed E-state index contributed by atoms with van der Waals surface area (Å²) in [6.07, 6.45) is 3.00. The summed E-state index contributed by atoms with van der Waals surface area (Å²) in [5.41, 5.74) is 10.1. The number of hydrogen-bond donors (Lipinski definition) is 2. The van der Waals surface area contributed by atoms with Gasteiger partial charge in [-0.2, -0.15) is 0 Å². The molecule has 0 saturated heterocycles. The van der Waals surface area contributed by atoms with Gasteiger partial charge in [0.25, 0.3) is 5.91 Å². The van der Waals surface area contributed by atoms with Crippen molar-refractivity contribution >= 4 is 22.8 Å². The van der Waals surface area contributed by atoms with E-state index < -0.39 is 5.54 Å². The Kier molecular flexibility index (Phi) is 5.91. The van der Waals surface area contributed by atoms with Crippen molar-refractivity contribution in [3.05, 3.63) is 53.0 Å². The molecule has 6 nitrogen and oxygen atoms in total. The monoisotopic (exact) mass is 393 g/mol. The zero-order valence-corrected chi connectivity index (χ0v) is 18.0. The average molecular weight is 394 g/mol. The zero-order valence-electron chi connectivity index (χ0n) is 18.0. The predicted octanol–water partition coefficient (Wildman–Crippen LogP) is 4.18. The van der Waals surface area contributed by atoms with E-state index in [2.05, 4.69) is 28.7 Å². The number of unbranched alkanes of at least 4 members (excludes halogenated alkanes) is 1. The molecular formula is C23H31N5O. The molecule has 0 bridgehead atoms. The molecule has 0 saturated carbocycles. The van der Waals surface area contributed by atoms with Crippen molar-refractivity contribution in [3.8, 4) is 0 Å². The van der Waals surface area contributed by atoms with Crippen LogP contribution in [0.5, 0.6) is 0 Å². The summed E-state index contributed by atoms with van der Waals surface area (Å²) in [6, 6.07) is 9.30. The van der Waals surface area contributed by atoms with Crippen LogP contribution in [0.1, 0.15) is 61.1 Å². The van der Waals surface area contributed by atoms with Gasteiger partial charge in [0, 0.05) is 24.2 Å². The van der Waals surface area contributed by atoms with Crippen molar-refractivity contribution in [2.75, 3.05) is 5.73 Å². The number of benzene rings is 1. The molecule has 2 heterocycles. The van der Waals surface area contributed by atoms with Gasteiger partial charge in [-0.3, -0.25) is 4.79 Å². The van der Waals surface area contributed by atoms with E-state index in [1.807, 2.05) is 51.1 Å². The Morgan fingerprint density at radius 2 is 1.86 bits per heavy atom. The molecule has 3 rings (SSSR count). The van der Waals surface area contributed by atoms with Gasteiger partial charge in [-0.25, -0.2) is 9.97 Å². The maximum absolute atomic E-state index is 12.7. The van der Waals surface area contributed by atoms with Crippen molar-refractivity contribution < 1.29 is 4.79 Å². The van der Waals surface area contributed by atoms with Crippen molar-refractivity contribution in [1.29, 1.82) is 0 Å². The molecule has 3 N–H and O–H groups in total. The van der Waals surface area contributed by atoms with E-state index >= 15 is 0 Å². The van der Waals surface area contributed by atoms with Gasteiger partial charge in [-0.15, -0.1) is 0 Å². The summed E-state index contributed by atoms with van der Waals surface area (Å²) in [4.78, 5) is 22.0. The van der Waals surface area contributed by atoms with E-state index in [-0.39, 0.29) is 5.91 Å². The Labute approximate surface area is 172 Å². The molecule has 29 heavy (non-hydrogen) atoms. The first-order valence-corrected chi connectivity index (χ1v) is 10.2. The van der Waals surface area contributed by atoms with Crippen LogP contribution in [0, 0.1) is 13.8 Å². The second-order valence-corrected chi connectivity index (χ2v) is 8.33. The molecule has 6 heteroatoms. The lowest BCUT2D eigenvalue weighted by atomic mass is 10.0. The highest BCUT2D eigenvalue weighted by molar-refractivity contribution is 5.94. The molecule has 2 aromatic heterocycles. The van der Waals surface area contributed by atoms with E-state index in [1.54, 1.807) is 0 Å². The molecule has 0 spiro atoms. The SMILES string of the molecule is CCCCc1nc2c(N)nc(C)c(C)c2n1CC(C)(C)NC(=O)c1ccccc1. The fourth-order valence-electron chi connectivity index (χ4n) is 3.65. The summed E-state index contributed by atoms with van der Waals surface area (Å²) in [5.74, 6) is 1.38. The molecule has 0 atom stereocenters. The molecular weight excluding hydrogens is 362 g/mol. The molecule has 0 fully saturated rings. The number of aryl methyl sites for hydroxylation is 3. The minimum atomic E-state index is -0.472. The van der Waals surface area contributed by atoms with E-state index in [1.165, 1.54) is 0 Å². The lowest BCUT2D eigenvalue weighted by Crippen LogP contribution is -2.46. The highest BCUT2D eigenvalue weighted by Crippen LogP contribution is 2.28. The Bertz CT molecular complexity index is 1020. The van der Waals surface area contributed by atoms with Crippen LogP contribution in [-0.4, -0.2) is 26.0 Å². The second kappa shape index (κ2) is 8.23. The topological polar surface area (TPSA) is 85.8 Å². The van der Waals surface area contributed by atoms with Crippen LogP contribution >= 0.6 is 0 Å². The third-order valence-corrected chi connectivity index (χ3v) is 5.27. The van der Waals surface area contributed by atoms with Crippen molar-refractivity contribution in [2.24, 2.45) is 0 Å². The molecule has 154 valence electrons. The van der Waals surface area contributed by atoms with Gasteiger partial charge in [-0.05, 0) is 51.8 Å². The smallest absolute Gasteiger partial charge is 0.251 e. The van der Waals surface area contributed by atoms with Gasteiger partial charge in [-0.1, -0.05) is 31.5 Å². The number of nitrogen functional groups attached to an aromatic ring is 1. The molecule has 0 aliphatic carbocycles. The maximum Gasteiger partial charge on any atom is 0.251 e. The number of nitrogens with two attached hydrogens (primary N) is 1. The van der Waals surface area contributed by atoms with Gasteiger partial charge in [0.05, 0.1) is 11.1 Å². The number of imidazole rings is 1. The summed E-state index contributed by atoms with van der Waals surface area (Å²) in [7, 11) is 0. The number of nitrogens with zero attached hydrogens (tertiary/aromatic N) is 3. The van der Waals surface area contributed by atoms with Gasteiger partial charge in [0.2, 0.25) is 0 Å². The van der Waals surface area contributed by atoms with Crippen molar-refractivity contribution in [2.45, 2.75) is 66.0 Å². The number of pyridine rings is 1. The van der Waals surface area contributed by atoms with E-state index in [0.717, 1.165) is 47.4 Å². The number of fused-ring (bicyclic) bond motifs is 1. The molecule has 0 aliphatic rings.